The second kappa shape index (κ2) is 12.7. The quantitative estimate of drug-likeness (QED) is 0.175. The van der Waals surface area contributed by atoms with Gasteiger partial charge in [0, 0.05) is 49.4 Å². The van der Waals surface area contributed by atoms with Gasteiger partial charge in [-0.05, 0) is 100 Å². The van der Waals surface area contributed by atoms with Crippen LogP contribution in [0.4, 0.5) is 0 Å². The molecule has 3 heterocycles. The van der Waals surface area contributed by atoms with Crippen molar-refractivity contribution in [3.8, 4) is 67.4 Å². The molecule has 0 atom stereocenters. The lowest BCUT2D eigenvalue weighted by Gasteiger charge is -2.11. The monoisotopic (exact) mass is 762 g/mol. The first-order valence-electron chi connectivity index (χ1n) is 20.5. The minimum atomic E-state index is 0.734. The number of nitrogens with zero attached hydrogens (tertiary/aromatic N) is 4. The molecule has 4 nitrogen and oxygen atoms in total. The molecule has 0 unspecified atom stereocenters. The molecule has 0 spiro atoms. The fourth-order valence-corrected chi connectivity index (χ4v) is 9.73. The van der Waals surface area contributed by atoms with Gasteiger partial charge in [-0.3, -0.25) is 0 Å². The van der Waals surface area contributed by atoms with Crippen LogP contribution in [0.5, 0.6) is 0 Å². The van der Waals surface area contributed by atoms with Gasteiger partial charge in [0.2, 0.25) is 0 Å². The molecule has 13 rings (SSSR count). The zero-order valence-electron chi connectivity index (χ0n) is 32.4. The van der Waals surface area contributed by atoms with Crippen LogP contribution in [0.2, 0.25) is 0 Å². The lowest BCUT2D eigenvalue weighted by atomic mass is 10.0. The summed E-state index contributed by atoms with van der Waals surface area (Å²) >= 11 is 0. The van der Waals surface area contributed by atoms with Gasteiger partial charge in [0.15, 0.2) is 5.82 Å². The third-order valence-electron chi connectivity index (χ3n) is 12.5. The standard InChI is InChI=1S/C56H34N4/c1-2-12-35(13-3-1)36-24-28-40(29-25-36)59-50-22-8-6-17-43(50)47-33-37(26-30-52(47)59)38-27-31-53-48(34-38)44-18-7-9-23-51(44)60(53)41-15-10-14-39(32-41)56-57-49-21-11-20-45-42-16-4-5-19-46(42)55(58-56)54(45)49/h1-34H. The highest BCUT2D eigenvalue weighted by molar-refractivity contribution is 6.14. The van der Waals surface area contributed by atoms with Crippen molar-refractivity contribution >= 4 is 54.5 Å². The van der Waals surface area contributed by atoms with Gasteiger partial charge in [0.05, 0.1) is 33.3 Å². The third kappa shape index (κ3) is 4.85. The van der Waals surface area contributed by atoms with Gasteiger partial charge in [-0.15, -0.1) is 0 Å². The molecular formula is C56H34N4. The van der Waals surface area contributed by atoms with Crippen LogP contribution in [0, 0.1) is 0 Å². The SMILES string of the molecule is c1ccc(-c2ccc(-n3c4ccccc4c4cc(-c5ccc6c(c5)c5ccccc5n6-c5cccc(-c6nc7c8c(cccc8n6)-c6ccccc6-7)c5)ccc43)cc2)cc1. The Bertz CT molecular complexity index is 3700. The number of aromatic nitrogens is 4. The van der Waals surface area contributed by atoms with E-state index in [0.29, 0.717) is 0 Å². The summed E-state index contributed by atoms with van der Waals surface area (Å²) in [5.74, 6) is 0.734. The van der Waals surface area contributed by atoms with Gasteiger partial charge in [0.25, 0.3) is 0 Å². The first-order valence-corrected chi connectivity index (χ1v) is 20.5. The average Bonchev–Trinajstić information content (AvgIpc) is 3.95. The Hall–Kier alpha value is -8.08. The molecule has 1 aliphatic carbocycles. The lowest BCUT2D eigenvalue weighted by molar-refractivity contribution is 1.17. The van der Waals surface area contributed by atoms with E-state index < -0.39 is 0 Å². The van der Waals surface area contributed by atoms with Crippen molar-refractivity contribution in [2.75, 3.05) is 0 Å². The highest BCUT2D eigenvalue weighted by atomic mass is 15.0. The van der Waals surface area contributed by atoms with Gasteiger partial charge >= 0.3 is 0 Å². The summed E-state index contributed by atoms with van der Waals surface area (Å²) in [5, 5.41) is 6.05. The molecule has 0 aliphatic heterocycles. The van der Waals surface area contributed by atoms with E-state index in [1.165, 1.54) is 71.5 Å². The van der Waals surface area contributed by atoms with Crippen molar-refractivity contribution in [1.29, 1.82) is 0 Å². The largest absolute Gasteiger partial charge is 0.309 e. The molecule has 60 heavy (non-hydrogen) atoms. The molecule has 0 saturated heterocycles. The van der Waals surface area contributed by atoms with E-state index in [1.54, 1.807) is 0 Å². The summed E-state index contributed by atoms with van der Waals surface area (Å²) < 4.78 is 4.77. The molecule has 0 saturated carbocycles. The van der Waals surface area contributed by atoms with E-state index in [2.05, 4.69) is 215 Å². The fourth-order valence-electron chi connectivity index (χ4n) is 9.73. The van der Waals surface area contributed by atoms with Crippen LogP contribution in [0.3, 0.4) is 0 Å². The summed E-state index contributed by atoms with van der Waals surface area (Å²) in [7, 11) is 0. The molecule has 4 heteroatoms. The lowest BCUT2D eigenvalue weighted by Crippen LogP contribution is -1.97. The van der Waals surface area contributed by atoms with Crippen LogP contribution in [0.15, 0.2) is 206 Å². The molecule has 0 radical (unpaired) electrons. The predicted molar refractivity (Wildman–Crippen MR) is 249 cm³/mol. The molecule has 9 aromatic carbocycles. The maximum absolute atomic E-state index is 5.23. The van der Waals surface area contributed by atoms with Crippen molar-refractivity contribution in [1.82, 2.24) is 19.1 Å². The maximum atomic E-state index is 5.23. The van der Waals surface area contributed by atoms with Crippen molar-refractivity contribution in [3.63, 3.8) is 0 Å². The van der Waals surface area contributed by atoms with E-state index in [-0.39, 0.29) is 0 Å². The predicted octanol–water partition coefficient (Wildman–Crippen LogP) is 14.5. The molecule has 1 aliphatic rings. The second-order valence-electron chi connectivity index (χ2n) is 15.8. The molecule has 0 fully saturated rings. The van der Waals surface area contributed by atoms with Crippen LogP contribution in [0.1, 0.15) is 0 Å². The minimum Gasteiger partial charge on any atom is -0.309 e. The highest BCUT2D eigenvalue weighted by Gasteiger charge is 2.24. The topological polar surface area (TPSA) is 35.6 Å². The Morgan fingerprint density at radius 2 is 0.833 bits per heavy atom. The molecular weight excluding hydrogens is 729 g/mol. The van der Waals surface area contributed by atoms with Gasteiger partial charge in [-0.25, -0.2) is 9.97 Å². The number of benzene rings is 9. The normalized spacial score (nSPS) is 12.0. The molecule has 3 aromatic heterocycles. The van der Waals surface area contributed by atoms with E-state index in [1.807, 2.05) is 0 Å². The van der Waals surface area contributed by atoms with Gasteiger partial charge < -0.3 is 9.13 Å². The summed E-state index contributed by atoms with van der Waals surface area (Å²) in [6, 6.07) is 74.4. The summed E-state index contributed by atoms with van der Waals surface area (Å²) in [6.45, 7) is 0. The number of hydrogen-bond acceptors (Lipinski definition) is 2. The van der Waals surface area contributed by atoms with Crippen molar-refractivity contribution in [3.05, 3.63) is 206 Å². The van der Waals surface area contributed by atoms with Crippen LogP contribution >= 0.6 is 0 Å². The number of rotatable bonds is 5. The third-order valence-corrected chi connectivity index (χ3v) is 12.5. The first-order chi connectivity index (χ1) is 29.7. The number of hydrogen-bond donors (Lipinski definition) is 0. The second-order valence-corrected chi connectivity index (χ2v) is 15.8. The highest BCUT2D eigenvalue weighted by Crippen LogP contribution is 2.46. The van der Waals surface area contributed by atoms with Crippen molar-refractivity contribution in [2.45, 2.75) is 0 Å². The fraction of sp³-hybridized carbons (Fsp3) is 0. The number of fused-ring (bicyclic) bond motifs is 9. The van der Waals surface area contributed by atoms with E-state index in [9.17, 15) is 0 Å². The summed E-state index contributed by atoms with van der Waals surface area (Å²) in [5.41, 5.74) is 18.3. The van der Waals surface area contributed by atoms with Crippen LogP contribution in [-0.4, -0.2) is 19.1 Å². The molecule has 278 valence electrons. The molecule has 0 amide bonds. The Morgan fingerprint density at radius 3 is 1.55 bits per heavy atom. The van der Waals surface area contributed by atoms with Crippen LogP contribution < -0.4 is 0 Å². The van der Waals surface area contributed by atoms with Crippen molar-refractivity contribution in [2.24, 2.45) is 0 Å². The molecule has 0 bridgehead atoms. The molecule has 0 N–H and O–H groups in total. The summed E-state index contributed by atoms with van der Waals surface area (Å²) in [4.78, 5) is 10.4. The van der Waals surface area contributed by atoms with Gasteiger partial charge in [-0.2, -0.15) is 0 Å². The zero-order chi connectivity index (χ0) is 39.3. The minimum absolute atomic E-state index is 0.734. The van der Waals surface area contributed by atoms with Crippen LogP contribution in [0.25, 0.3) is 122 Å². The smallest absolute Gasteiger partial charge is 0.160 e. The van der Waals surface area contributed by atoms with E-state index >= 15 is 0 Å². The van der Waals surface area contributed by atoms with E-state index in [0.717, 1.165) is 50.4 Å². The Labute approximate surface area is 345 Å². The van der Waals surface area contributed by atoms with Gasteiger partial charge in [-0.1, -0.05) is 140 Å². The van der Waals surface area contributed by atoms with Crippen LogP contribution in [-0.2, 0) is 0 Å². The molecule has 12 aromatic rings. The summed E-state index contributed by atoms with van der Waals surface area (Å²) in [6.07, 6.45) is 0. The zero-order valence-corrected chi connectivity index (χ0v) is 32.4. The maximum Gasteiger partial charge on any atom is 0.160 e. The van der Waals surface area contributed by atoms with Crippen molar-refractivity contribution < 1.29 is 0 Å². The Morgan fingerprint density at radius 1 is 0.300 bits per heavy atom. The number of para-hydroxylation sites is 2. The van der Waals surface area contributed by atoms with E-state index in [4.69, 9.17) is 9.97 Å². The average molecular weight is 763 g/mol. The first kappa shape index (κ1) is 32.9. The van der Waals surface area contributed by atoms with Gasteiger partial charge in [0.1, 0.15) is 0 Å². The Balaban J connectivity index is 0.919. The Kier molecular flexibility index (Phi) is 6.98.